The molecule has 0 radical (unpaired) electrons. The lowest BCUT2D eigenvalue weighted by atomic mass is 10.1. The van der Waals surface area contributed by atoms with Crippen LogP contribution in [-0.4, -0.2) is 83.2 Å². The number of H-pyrrole nitrogens is 1. The minimum atomic E-state index is -0.366. The number of benzene rings is 1. The van der Waals surface area contributed by atoms with E-state index in [2.05, 4.69) is 40.6 Å². The van der Waals surface area contributed by atoms with Gasteiger partial charge in [0.1, 0.15) is 40.7 Å². The van der Waals surface area contributed by atoms with Crippen molar-refractivity contribution in [3.63, 3.8) is 0 Å². The molecule has 41 heavy (non-hydrogen) atoms. The van der Waals surface area contributed by atoms with Gasteiger partial charge in [-0.15, -0.1) is 0 Å². The highest BCUT2D eigenvalue weighted by atomic mass is 19.1. The third-order valence-corrected chi connectivity index (χ3v) is 7.52. The van der Waals surface area contributed by atoms with Gasteiger partial charge in [-0.3, -0.25) is 5.01 Å². The van der Waals surface area contributed by atoms with E-state index in [0.29, 0.717) is 47.6 Å². The number of pyridine rings is 2. The number of nitrogens with zero attached hydrogens (tertiary/aromatic N) is 7. The molecule has 0 spiro atoms. The van der Waals surface area contributed by atoms with Gasteiger partial charge in [0.05, 0.1) is 36.5 Å². The number of hydrazone groups is 1. The van der Waals surface area contributed by atoms with Gasteiger partial charge >= 0.3 is 0 Å². The molecule has 3 aromatic heterocycles. The van der Waals surface area contributed by atoms with Crippen LogP contribution in [0.25, 0.3) is 11.2 Å². The fourth-order valence-electron chi connectivity index (χ4n) is 5.33. The Morgan fingerprint density at radius 2 is 1.83 bits per heavy atom. The fourth-order valence-corrected chi connectivity index (χ4v) is 5.33. The number of aromatic nitrogens is 4. The van der Waals surface area contributed by atoms with Crippen molar-refractivity contribution in [1.82, 2.24) is 29.8 Å². The van der Waals surface area contributed by atoms with Crippen LogP contribution in [0.4, 0.5) is 33.1 Å². The average molecular weight is 561 g/mol. The first-order chi connectivity index (χ1) is 19.7. The number of hydrogen-bond acceptors (Lipinski definition) is 11. The van der Waals surface area contributed by atoms with Crippen LogP contribution in [0.15, 0.2) is 41.6 Å². The number of fused-ring (bicyclic) bond motifs is 1. The molecule has 1 saturated heterocycles. The molecule has 0 amide bonds. The lowest BCUT2D eigenvalue weighted by Gasteiger charge is -2.39. The van der Waals surface area contributed by atoms with Crippen molar-refractivity contribution in [1.29, 1.82) is 0 Å². The molecule has 1 aromatic carbocycles. The molecule has 12 nitrogen and oxygen atoms in total. The number of methoxy groups -OCH3 is 2. The predicted octanol–water partition coefficient (Wildman–Crippen LogP) is 4.34. The zero-order valence-electron chi connectivity index (χ0n) is 23.9. The molecule has 2 aliphatic rings. The van der Waals surface area contributed by atoms with Crippen molar-refractivity contribution in [2.75, 3.05) is 56.9 Å². The summed E-state index contributed by atoms with van der Waals surface area (Å²) in [6, 6.07) is 9.17. The summed E-state index contributed by atoms with van der Waals surface area (Å²) in [5.74, 6) is 2.76. The molecule has 4 aromatic rings. The number of aryl methyl sites for hydroxylation is 1. The van der Waals surface area contributed by atoms with E-state index in [1.54, 1.807) is 14.2 Å². The van der Waals surface area contributed by atoms with Crippen LogP contribution in [0.5, 0.6) is 5.75 Å². The molecule has 1 fully saturated rings. The highest BCUT2D eigenvalue weighted by molar-refractivity contribution is 5.91. The van der Waals surface area contributed by atoms with E-state index >= 15 is 0 Å². The molecule has 1 unspecified atom stereocenters. The summed E-state index contributed by atoms with van der Waals surface area (Å²) in [4.78, 5) is 20.9. The monoisotopic (exact) mass is 560 g/mol. The molecule has 2 aliphatic heterocycles. The van der Waals surface area contributed by atoms with Crippen molar-refractivity contribution in [3.8, 4) is 5.75 Å². The summed E-state index contributed by atoms with van der Waals surface area (Å²) in [6.07, 6.45) is 1.53. The third-order valence-electron chi connectivity index (χ3n) is 7.52. The second kappa shape index (κ2) is 10.4. The molecular weight excluding hydrogens is 527 g/mol. The third kappa shape index (κ3) is 4.82. The summed E-state index contributed by atoms with van der Waals surface area (Å²) in [7, 11) is 7.26. The van der Waals surface area contributed by atoms with Crippen molar-refractivity contribution >= 4 is 45.7 Å². The van der Waals surface area contributed by atoms with Crippen molar-refractivity contribution in [3.05, 3.63) is 53.7 Å². The van der Waals surface area contributed by atoms with E-state index in [-0.39, 0.29) is 18.1 Å². The van der Waals surface area contributed by atoms with Crippen LogP contribution in [0.2, 0.25) is 0 Å². The zero-order chi connectivity index (χ0) is 28.8. The topological polar surface area (TPSA) is 119 Å². The fraction of sp³-hybridized carbons (Fsp3) is 0.357. The first-order valence-corrected chi connectivity index (χ1v) is 13.3. The minimum absolute atomic E-state index is 0.114. The summed E-state index contributed by atoms with van der Waals surface area (Å²) in [5, 5.41) is 13.1. The van der Waals surface area contributed by atoms with Gasteiger partial charge in [-0.05, 0) is 19.9 Å². The second-order valence-electron chi connectivity index (χ2n) is 10.2. The minimum Gasteiger partial charge on any atom is -0.494 e. The number of hydrogen-bond donors (Lipinski definition) is 3. The standard InChI is InChI=1S/C28H33FN10O2/c1-15-31-25-21(33-20-9-7-8-18(26(20)41-6)28-37(3)16(2)36-38(28)4)11-24(35-27(25)32-15)34-23-10-19(29)22(12-30-23)39-13-17(14-39)40-5/h7-12,17,28H,13-14H2,1-6H3,(H3,30,31,32,33,34,35). The molecule has 1 atom stereocenters. The van der Waals surface area contributed by atoms with Crippen LogP contribution in [0.1, 0.15) is 24.5 Å². The van der Waals surface area contributed by atoms with E-state index in [1.807, 2.05) is 62.1 Å². The molecule has 3 N–H and O–H groups in total. The van der Waals surface area contributed by atoms with Gasteiger partial charge < -0.3 is 34.9 Å². The number of amidine groups is 1. The Morgan fingerprint density at radius 3 is 2.51 bits per heavy atom. The summed E-state index contributed by atoms with van der Waals surface area (Å²) >= 11 is 0. The quantitative estimate of drug-likeness (QED) is 0.287. The predicted molar refractivity (Wildman–Crippen MR) is 157 cm³/mol. The Balaban J connectivity index is 1.31. The summed E-state index contributed by atoms with van der Waals surface area (Å²) in [6.45, 7) is 5.12. The molecule has 5 heterocycles. The second-order valence-corrected chi connectivity index (χ2v) is 10.2. The van der Waals surface area contributed by atoms with Gasteiger partial charge in [-0.25, -0.2) is 19.3 Å². The van der Waals surface area contributed by atoms with Crippen LogP contribution in [-0.2, 0) is 4.74 Å². The summed E-state index contributed by atoms with van der Waals surface area (Å²) < 4.78 is 26.2. The van der Waals surface area contributed by atoms with Gasteiger partial charge in [0, 0.05) is 52.0 Å². The Hall–Kier alpha value is -4.65. The van der Waals surface area contributed by atoms with Crippen LogP contribution in [0.3, 0.4) is 0 Å². The molecule has 6 rings (SSSR count). The molecule has 0 saturated carbocycles. The molecule has 214 valence electrons. The van der Waals surface area contributed by atoms with E-state index in [9.17, 15) is 4.39 Å². The highest BCUT2D eigenvalue weighted by Gasteiger charge is 2.32. The number of halogens is 1. The summed E-state index contributed by atoms with van der Waals surface area (Å²) in [5.41, 5.74) is 4.13. The average Bonchev–Trinajstić information content (AvgIpc) is 3.41. The SMILES string of the molecule is COc1c(Nc2cc(Nc3cc(F)c(N4CC(OC)C4)cn3)nc3nc(C)[nH]c23)cccc1C1N(C)N=C(C)N1C. The maximum atomic E-state index is 15.0. The Bertz CT molecular complexity index is 1630. The van der Waals surface area contributed by atoms with Gasteiger partial charge in [0.2, 0.25) is 0 Å². The van der Waals surface area contributed by atoms with E-state index in [1.165, 1.54) is 12.3 Å². The van der Waals surface area contributed by atoms with Crippen molar-refractivity contribution in [2.45, 2.75) is 26.1 Å². The van der Waals surface area contributed by atoms with Crippen molar-refractivity contribution < 1.29 is 13.9 Å². The van der Waals surface area contributed by atoms with Gasteiger partial charge in [0.15, 0.2) is 11.5 Å². The normalized spacial score (nSPS) is 17.2. The van der Waals surface area contributed by atoms with Crippen molar-refractivity contribution in [2.24, 2.45) is 5.10 Å². The molecule has 0 bridgehead atoms. The van der Waals surface area contributed by atoms with Crippen LogP contribution in [0, 0.1) is 12.7 Å². The molecule has 13 heteroatoms. The largest absolute Gasteiger partial charge is 0.494 e. The Labute approximate surface area is 237 Å². The first kappa shape index (κ1) is 26.6. The number of aromatic amines is 1. The number of anilines is 5. The smallest absolute Gasteiger partial charge is 0.181 e. The lowest BCUT2D eigenvalue weighted by molar-refractivity contribution is 0.0783. The number of ether oxygens (including phenoxy) is 2. The highest BCUT2D eigenvalue weighted by Crippen LogP contribution is 2.40. The molecule has 0 aliphatic carbocycles. The number of nitrogens with one attached hydrogen (secondary N) is 3. The Kier molecular flexibility index (Phi) is 6.73. The van der Waals surface area contributed by atoms with Crippen LogP contribution < -0.4 is 20.3 Å². The van der Waals surface area contributed by atoms with E-state index < -0.39 is 0 Å². The molecular formula is C28H33FN10O2. The zero-order valence-corrected chi connectivity index (χ0v) is 23.9. The Morgan fingerprint density at radius 1 is 1.02 bits per heavy atom. The van der Waals surface area contributed by atoms with E-state index in [0.717, 1.165) is 28.3 Å². The maximum absolute atomic E-state index is 15.0. The number of imidazole rings is 1. The van der Waals surface area contributed by atoms with Gasteiger partial charge in [0.25, 0.3) is 0 Å². The van der Waals surface area contributed by atoms with Gasteiger partial charge in [-0.2, -0.15) is 5.10 Å². The number of para-hydroxylation sites is 1. The number of rotatable bonds is 8. The van der Waals surface area contributed by atoms with E-state index in [4.69, 9.17) is 9.47 Å². The van der Waals surface area contributed by atoms with Gasteiger partial charge in [-0.1, -0.05) is 12.1 Å². The van der Waals surface area contributed by atoms with Crippen LogP contribution >= 0.6 is 0 Å². The first-order valence-electron chi connectivity index (χ1n) is 13.3. The maximum Gasteiger partial charge on any atom is 0.181 e. The lowest BCUT2D eigenvalue weighted by Crippen LogP contribution is -2.52.